The minimum atomic E-state index is -0.295. The average Bonchev–Trinajstić information content (AvgIpc) is 3.46. The van der Waals surface area contributed by atoms with E-state index in [9.17, 15) is 4.79 Å². The first kappa shape index (κ1) is 36.1. The number of rotatable bonds is 8. The van der Waals surface area contributed by atoms with Gasteiger partial charge in [-0.3, -0.25) is 0 Å². The summed E-state index contributed by atoms with van der Waals surface area (Å²) in [5.74, 6) is 4.49. The predicted octanol–water partition coefficient (Wildman–Crippen LogP) is 10.9. The maximum atomic E-state index is 13.3. The number of hydrogen-bond acceptors (Lipinski definition) is 5. The zero-order valence-corrected chi connectivity index (χ0v) is 32.3. The van der Waals surface area contributed by atoms with Gasteiger partial charge in [0.1, 0.15) is 0 Å². The number of carbonyl (C=O) groups excluding carboxylic acids is 1. The third-order valence-electron chi connectivity index (χ3n) is 16.1. The number of carbonyl (C=O) groups is 1. The molecule has 5 fully saturated rings. The average molecular weight is 673 g/mol. The van der Waals surface area contributed by atoms with Crippen LogP contribution in [0, 0.1) is 56.7 Å². The maximum absolute atomic E-state index is 13.3. The van der Waals surface area contributed by atoms with Gasteiger partial charge >= 0.3 is 5.97 Å². The molecular formula is C44H64O5. The molecule has 1 aromatic carbocycles. The van der Waals surface area contributed by atoms with Gasteiger partial charge in [0.15, 0.2) is 11.5 Å². The van der Waals surface area contributed by atoms with E-state index in [0.29, 0.717) is 52.4 Å². The van der Waals surface area contributed by atoms with E-state index < -0.39 is 0 Å². The molecule has 0 saturated heterocycles. The molecule has 5 heteroatoms. The zero-order valence-electron chi connectivity index (χ0n) is 32.3. The molecule has 9 unspecified atom stereocenters. The molecule has 0 bridgehead atoms. The number of ether oxygens (including phenoxy) is 4. The Labute approximate surface area is 297 Å². The normalized spacial score (nSPS) is 40.1. The number of allylic oxidation sites excluding steroid dienone is 3. The molecule has 49 heavy (non-hydrogen) atoms. The molecule has 0 heterocycles. The largest absolute Gasteiger partial charge is 0.493 e. The number of fused-ring (bicyclic) bond motifs is 7. The van der Waals surface area contributed by atoms with Crippen LogP contribution in [0.4, 0.5) is 0 Å². The van der Waals surface area contributed by atoms with Crippen LogP contribution in [-0.2, 0) is 9.53 Å². The van der Waals surface area contributed by atoms with Gasteiger partial charge in [0.2, 0.25) is 5.75 Å². The highest BCUT2D eigenvalue weighted by Gasteiger charge is 2.70. The minimum absolute atomic E-state index is 0.0157. The molecule has 5 saturated carbocycles. The van der Waals surface area contributed by atoms with Crippen LogP contribution in [0.2, 0.25) is 0 Å². The van der Waals surface area contributed by atoms with Crippen molar-refractivity contribution in [1.82, 2.24) is 0 Å². The molecule has 0 amide bonds. The Balaban J connectivity index is 1.24. The van der Waals surface area contributed by atoms with Crippen LogP contribution in [0.5, 0.6) is 17.2 Å². The van der Waals surface area contributed by atoms with E-state index in [-0.39, 0.29) is 22.2 Å². The van der Waals surface area contributed by atoms with Crippen molar-refractivity contribution in [2.75, 3.05) is 27.9 Å². The Kier molecular flexibility index (Phi) is 9.45. The first-order valence-electron chi connectivity index (χ1n) is 19.1. The molecule has 0 radical (unpaired) electrons. The molecule has 9 atom stereocenters. The Morgan fingerprint density at radius 1 is 0.857 bits per heavy atom. The highest BCUT2D eigenvalue weighted by atomic mass is 16.5. The molecule has 0 aliphatic heterocycles. The first-order valence-corrected chi connectivity index (χ1v) is 19.1. The molecule has 6 rings (SSSR count). The van der Waals surface area contributed by atoms with Gasteiger partial charge < -0.3 is 18.9 Å². The number of methoxy groups -OCH3 is 3. The lowest BCUT2D eigenvalue weighted by Gasteiger charge is -2.72. The van der Waals surface area contributed by atoms with Crippen LogP contribution < -0.4 is 14.2 Å². The standard InChI is InChI=1S/C44H64O5/c1-12-30-17-20-41(6)35(40(30,4)5)19-21-43(8)36(41)15-14-32-38-31(28(2)3)18-22-44(38,24-23-42(32,43)7)27-49-37(45)16-13-29-25-33(46-9)39(48-11)34(26-29)47-10/h12-13,16,25-26,31-32,35-36,38H,2,14-15,17-24,27H2,1,3-11H3. The topological polar surface area (TPSA) is 54.0 Å². The summed E-state index contributed by atoms with van der Waals surface area (Å²) in [5.41, 5.74) is 5.07. The van der Waals surface area contributed by atoms with Crippen LogP contribution in [0.25, 0.3) is 6.08 Å². The van der Waals surface area contributed by atoms with Gasteiger partial charge in [-0.2, -0.15) is 0 Å². The molecule has 1 aromatic rings. The second-order valence-electron chi connectivity index (χ2n) is 18.0. The second-order valence-corrected chi connectivity index (χ2v) is 18.0. The van der Waals surface area contributed by atoms with E-state index in [1.807, 2.05) is 12.1 Å². The predicted molar refractivity (Wildman–Crippen MR) is 199 cm³/mol. The fourth-order valence-corrected chi connectivity index (χ4v) is 13.5. The van der Waals surface area contributed by atoms with Crippen LogP contribution in [0.3, 0.4) is 0 Å². The van der Waals surface area contributed by atoms with Crippen LogP contribution >= 0.6 is 0 Å². The molecule has 5 aliphatic rings. The van der Waals surface area contributed by atoms with Gasteiger partial charge in [-0.05, 0) is 153 Å². The van der Waals surface area contributed by atoms with E-state index in [0.717, 1.165) is 36.7 Å². The Hall–Kier alpha value is -2.69. The minimum Gasteiger partial charge on any atom is -0.493 e. The summed E-state index contributed by atoms with van der Waals surface area (Å²) >= 11 is 0. The summed E-state index contributed by atoms with van der Waals surface area (Å²) in [6.07, 6.45) is 18.3. The molecule has 5 aliphatic carbocycles. The Morgan fingerprint density at radius 2 is 1.55 bits per heavy atom. The van der Waals surface area contributed by atoms with E-state index in [2.05, 4.69) is 61.1 Å². The lowest BCUT2D eigenvalue weighted by molar-refractivity contribution is -0.234. The number of benzene rings is 1. The third-order valence-corrected chi connectivity index (χ3v) is 16.1. The van der Waals surface area contributed by atoms with Gasteiger partial charge in [0, 0.05) is 11.5 Å². The Bertz CT molecular complexity index is 1490. The van der Waals surface area contributed by atoms with Crippen molar-refractivity contribution in [3.8, 4) is 17.2 Å². The summed E-state index contributed by atoms with van der Waals surface area (Å²) in [6, 6.07) is 3.68. The van der Waals surface area contributed by atoms with E-state index in [1.165, 1.54) is 50.5 Å². The van der Waals surface area contributed by atoms with Crippen molar-refractivity contribution in [2.45, 2.75) is 113 Å². The van der Waals surface area contributed by atoms with Crippen molar-refractivity contribution >= 4 is 12.0 Å². The summed E-state index contributed by atoms with van der Waals surface area (Å²) < 4.78 is 22.7. The smallest absolute Gasteiger partial charge is 0.330 e. The summed E-state index contributed by atoms with van der Waals surface area (Å²) in [5, 5.41) is 0. The van der Waals surface area contributed by atoms with Crippen molar-refractivity contribution in [1.29, 1.82) is 0 Å². The van der Waals surface area contributed by atoms with E-state index in [1.54, 1.807) is 39.1 Å². The van der Waals surface area contributed by atoms with Crippen molar-refractivity contribution in [3.05, 3.63) is 47.6 Å². The summed E-state index contributed by atoms with van der Waals surface area (Å²) in [4.78, 5) is 13.3. The lowest BCUT2D eigenvalue weighted by Crippen LogP contribution is -2.66. The second kappa shape index (κ2) is 12.8. The molecule has 5 nitrogen and oxygen atoms in total. The fraction of sp³-hybridized carbons (Fsp3) is 0.705. The first-order chi connectivity index (χ1) is 23.2. The van der Waals surface area contributed by atoms with Gasteiger partial charge in [0.05, 0.1) is 27.9 Å². The molecule has 0 spiro atoms. The van der Waals surface area contributed by atoms with E-state index in [4.69, 9.17) is 18.9 Å². The number of esters is 1. The van der Waals surface area contributed by atoms with Crippen LogP contribution in [-0.4, -0.2) is 33.9 Å². The van der Waals surface area contributed by atoms with Crippen LogP contribution in [0.15, 0.2) is 42.0 Å². The molecule has 270 valence electrons. The molecule has 0 aromatic heterocycles. The van der Waals surface area contributed by atoms with Crippen molar-refractivity contribution in [3.63, 3.8) is 0 Å². The maximum Gasteiger partial charge on any atom is 0.330 e. The molecular weight excluding hydrogens is 608 g/mol. The zero-order chi connectivity index (χ0) is 35.6. The lowest BCUT2D eigenvalue weighted by atomic mass is 9.32. The summed E-state index contributed by atoms with van der Waals surface area (Å²) in [6.45, 7) is 22.8. The van der Waals surface area contributed by atoms with Gasteiger partial charge in [-0.25, -0.2) is 4.79 Å². The van der Waals surface area contributed by atoms with Crippen molar-refractivity contribution in [2.24, 2.45) is 56.7 Å². The highest BCUT2D eigenvalue weighted by molar-refractivity contribution is 5.87. The highest BCUT2D eigenvalue weighted by Crippen LogP contribution is 2.77. The quantitative estimate of drug-likeness (QED) is 0.156. The number of hydrogen-bond donors (Lipinski definition) is 0. The third kappa shape index (κ3) is 5.41. The Morgan fingerprint density at radius 3 is 2.16 bits per heavy atom. The monoisotopic (exact) mass is 672 g/mol. The van der Waals surface area contributed by atoms with Gasteiger partial charge in [0.25, 0.3) is 0 Å². The summed E-state index contributed by atoms with van der Waals surface area (Å²) in [7, 11) is 4.78. The van der Waals surface area contributed by atoms with Gasteiger partial charge in [-0.15, -0.1) is 0 Å². The van der Waals surface area contributed by atoms with Crippen molar-refractivity contribution < 1.29 is 23.7 Å². The van der Waals surface area contributed by atoms with Crippen LogP contribution in [0.1, 0.15) is 118 Å². The van der Waals surface area contributed by atoms with E-state index >= 15 is 0 Å². The fourth-order valence-electron chi connectivity index (χ4n) is 13.5. The SMILES string of the molecule is C=C(C)C1CCC2(COC(=O)C=Cc3cc(OC)c(OC)c(OC)c3)CCC3(C)C(CCC4C5(C)CCC(=CC)C(C)(C)C5CCC43C)C12. The van der Waals surface area contributed by atoms with Gasteiger partial charge in [-0.1, -0.05) is 58.4 Å². The molecule has 0 N–H and O–H groups in total.